The van der Waals surface area contributed by atoms with Crippen molar-refractivity contribution in [2.75, 3.05) is 0 Å². The van der Waals surface area contributed by atoms with Crippen LogP contribution in [0.15, 0.2) is 0 Å². The zero-order chi connectivity index (χ0) is 3.58. The van der Waals surface area contributed by atoms with Gasteiger partial charge in [-0.1, -0.05) is 17.3 Å². The third kappa shape index (κ3) is 41.8. The topological polar surface area (TPSA) is 0 Å². The van der Waals surface area contributed by atoms with Crippen LogP contribution in [0, 0.1) is 0 Å². The lowest BCUT2D eigenvalue weighted by Crippen LogP contribution is -1.65. The van der Waals surface area contributed by atoms with E-state index in [1.807, 2.05) is 0 Å². The van der Waals surface area contributed by atoms with Crippen molar-refractivity contribution in [3.05, 3.63) is 0 Å². The van der Waals surface area contributed by atoms with E-state index in [0.29, 0.717) is 0 Å². The summed E-state index contributed by atoms with van der Waals surface area (Å²) in [7, 11) is -2.16. The average Bonchev–Trinajstić information content (AvgIpc) is 0.811. The molecule has 0 unspecified atom stereocenters. The van der Waals surface area contributed by atoms with Gasteiger partial charge in [0.15, 0.2) is 0 Å². The fourth-order valence-electron chi connectivity index (χ4n) is 0. The molecule has 4 heavy (non-hydrogen) atoms. The molecule has 0 nitrogen and oxygen atoms in total. The summed E-state index contributed by atoms with van der Waals surface area (Å²) in [4.78, 5) is 0. The lowest BCUT2D eigenvalue weighted by Gasteiger charge is -1.52. The molecule has 0 atom stereocenters. The Labute approximate surface area is 30.3 Å². The zero-order valence-corrected chi connectivity index (χ0v) is 3.72. The van der Waals surface area contributed by atoms with Crippen molar-refractivity contribution >= 4 is 25.3 Å². The van der Waals surface area contributed by atoms with E-state index in [0.717, 1.165) is 0 Å². The van der Waals surface area contributed by atoms with Crippen molar-refractivity contribution < 1.29 is 4.11 Å². The molecule has 0 heterocycles. The summed E-state index contributed by atoms with van der Waals surface area (Å²) >= 11 is 4.60. The second-order valence-corrected chi connectivity index (χ2v) is 2.25. The van der Waals surface area contributed by atoms with Crippen LogP contribution in [0.2, 0.25) is 0 Å². The summed E-state index contributed by atoms with van der Waals surface area (Å²) in [6.45, 7) is 0. The molecule has 0 radical (unpaired) electrons. The molecule has 0 aromatic carbocycles. The molecule has 24 valence electrons. The Bertz CT molecular complexity index is 31.0. The van der Waals surface area contributed by atoms with Crippen LogP contribution in [-0.2, 0) is 0 Å². The van der Waals surface area contributed by atoms with Crippen molar-refractivity contribution in [2.24, 2.45) is 0 Å². The Morgan fingerprint density at radius 3 is 2.00 bits per heavy atom. The van der Waals surface area contributed by atoms with Crippen LogP contribution in [0.3, 0.4) is 0 Å². The van der Waals surface area contributed by atoms with E-state index in [9.17, 15) is 4.11 Å². The van der Waals surface area contributed by atoms with Crippen LogP contribution in [-0.4, -0.2) is 14.2 Å². The summed E-state index contributed by atoms with van der Waals surface area (Å²) in [6.07, 6.45) is 2.84. The molecule has 3 heteroatoms. The van der Waals surface area contributed by atoms with Crippen LogP contribution in [0.25, 0.3) is 0 Å². The van der Waals surface area contributed by atoms with Gasteiger partial charge in [-0.05, 0) is 0 Å². The Balaban J connectivity index is 2.80. The molecule has 0 bridgehead atoms. The summed E-state index contributed by atoms with van der Waals surface area (Å²) in [5, 5.41) is 0. The van der Waals surface area contributed by atoms with Gasteiger partial charge in [-0.25, -0.2) is 0 Å². The van der Waals surface area contributed by atoms with Crippen molar-refractivity contribution in [1.29, 1.82) is 0 Å². The van der Waals surface area contributed by atoms with E-state index in [-0.39, 0.29) is 0 Å². The minimum atomic E-state index is -2.16. The number of rotatable bonds is 0. The first-order chi connectivity index (χ1) is 1.73. The highest BCUT2D eigenvalue weighted by Gasteiger charge is 1.69. The van der Waals surface area contributed by atoms with Gasteiger partial charge in [-0.2, -0.15) is 0 Å². The number of halogens is 2. The molecule has 0 amide bonds. The Morgan fingerprint density at radius 2 is 2.00 bits per heavy atom. The molecule has 0 saturated heterocycles. The molecule has 0 N–H and O–H groups in total. The SMILES string of the molecule is C=[Si](F)Cl. The van der Waals surface area contributed by atoms with E-state index in [1.165, 1.54) is 0 Å². The molecule has 0 spiro atoms. The first-order valence-electron chi connectivity index (χ1n) is 0.732. The van der Waals surface area contributed by atoms with Crippen molar-refractivity contribution in [3.63, 3.8) is 0 Å². The molecule has 0 aromatic rings. The van der Waals surface area contributed by atoms with E-state index in [4.69, 9.17) is 0 Å². The van der Waals surface area contributed by atoms with Gasteiger partial charge in [0.25, 0.3) is 0 Å². The minimum Gasteiger partial charge on any atom is -0.264 e. The van der Waals surface area contributed by atoms with E-state index < -0.39 is 8.05 Å². The number of hydrogen-bond acceptors (Lipinski definition) is 0. The Hall–Kier alpha value is 0.307. The molecule has 0 aromatic heterocycles. The molecular formula is CH2ClFSi. The summed E-state index contributed by atoms with van der Waals surface area (Å²) in [6, 6.07) is 0. The number of hydrogen-bond donors (Lipinski definition) is 0. The van der Waals surface area contributed by atoms with Gasteiger partial charge >= 0.3 is 8.05 Å². The third-order valence-electron chi connectivity index (χ3n) is 0. The molecule has 0 aliphatic rings. The summed E-state index contributed by atoms with van der Waals surface area (Å²) in [5.74, 6) is 0. The van der Waals surface area contributed by atoms with Crippen molar-refractivity contribution in [2.45, 2.75) is 0 Å². The van der Waals surface area contributed by atoms with Gasteiger partial charge in [0.1, 0.15) is 0 Å². The van der Waals surface area contributed by atoms with Crippen LogP contribution in [0.1, 0.15) is 0 Å². The monoisotopic (exact) mass is 96.0 g/mol. The third-order valence-corrected chi connectivity index (χ3v) is 0. The van der Waals surface area contributed by atoms with E-state index >= 15 is 0 Å². The first kappa shape index (κ1) is 4.31. The Kier molecular flexibility index (Phi) is 1.73. The lowest BCUT2D eigenvalue weighted by atomic mass is 12.0. The van der Waals surface area contributed by atoms with Gasteiger partial charge in [0.2, 0.25) is 0 Å². The molecule has 0 rings (SSSR count). The van der Waals surface area contributed by atoms with Gasteiger partial charge in [-0.15, -0.1) is 0 Å². The first-order valence-corrected chi connectivity index (χ1v) is 3.33. The second-order valence-electron chi connectivity index (χ2n) is 0.339. The standard InChI is InChI=1S/CH2ClFSi/c1-4(2)3/h1H2. The maximum absolute atomic E-state index is 10.8. The quantitative estimate of drug-likeness (QED) is 0.308. The van der Waals surface area contributed by atoms with Crippen LogP contribution in [0.4, 0.5) is 4.11 Å². The second kappa shape index (κ2) is 1.61. The highest BCUT2D eigenvalue weighted by Crippen LogP contribution is 1.68. The van der Waals surface area contributed by atoms with Gasteiger partial charge in [0.05, 0.1) is 0 Å². The summed E-state index contributed by atoms with van der Waals surface area (Å²) < 4.78 is 10.8. The predicted molar refractivity (Wildman–Crippen MR) is 19.8 cm³/mol. The maximum atomic E-state index is 10.8. The van der Waals surface area contributed by atoms with Crippen LogP contribution >= 0.6 is 11.1 Å². The largest absolute Gasteiger partial charge is 0.329 e. The minimum absolute atomic E-state index is 2.16. The molecule has 0 aliphatic heterocycles. The molecule has 0 fully saturated rings. The van der Waals surface area contributed by atoms with Crippen LogP contribution in [0.5, 0.6) is 0 Å². The van der Waals surface area contributed by atoms with Gasteiger partial charge < -0.3 is 0 Å². The highest BCUT2D eigenvalue weighted by molar-refractivity contribution is 7.03. The van der Waals surface area contributed by atoms with Crippen molar-refractivity contribution in [1.82, 2.24) is 0 Å². The zero-order valence-electron chi connectivity index (χ0n) is 1.96. The summed E-state index contributed by atoms with van der Waals surface area (Å²) in [5.41, 5.74) is 0. The fraction of sp³-hybridized carbons (Fsp3) is 0. The van der Waals surface area contributed by atoms with Gasteiger partial charge in [0, 0.05) is 0 Å². The molecule has 0 aliphatic carbocycles. The van der Waals surface area contributed by atoms with Crippen molar-refractivity contribution in [3.8, 4) is 0 Å². The predicted octanol–water partition coefficient (Wildman–Crippen LogP) is 0.697. The fourth-order valence-corrected chi connectivity index (χ4v) is 0. The maximum Gasteiger partial charge on any atom is 0.329 e. The smallest absolute Gasteiger partial charge is 0.264 e. The molecular weight excluding hydrogens is 94.5 g/mol. The van der Waals surface area contributed by atoms with Crippen LogP contribution < -0.4 is 0 Å². The average molecular weight is 96.6 g/mol. The molecule has 0 saturated carbocycles. The highest BCUT2D eigenvalue weighted by atomic mass is 35.6. The van der Waals surface area contributed by atoms with E-state index in [2.05, 4.69) is 17.3 Å². The van der Waals surface area contributed by atoms with E-state index in [1.54, 1.807) is 0 Å². The lowest BCUT2D eigenvalue weighted by molar-refractivity contribution is 0.888. The normalized spacial score (nSPS) is 6.50. The van der Waals surface area contributed by atoms with Gasteiger partial charge in [-0.3, -0.25) is 4.11 Å². The Morgan fingerprint density at radius 1 is 2.00 bits per heavy atom.